The van der Waals surface area contributed by atoms with E-state index in [-0.39, 0.29) is 18.6 Å². The minimum absolute atomic E-state index is 0.0714. The molecule has 0 unspecified atom stereocenters. The maximum Gasteiger partial charge on any atom is 0.416 e. The molecular weight excluding hydrogens is 331 g/mol. The van der Waals surface area contributed by atoms with Crippen LogP contribution >= 0.6 is 0 Å². The fraction of sp³-hybridized carbons (Fsp3) is 0.611. The normalized spacial score (nSPS) is 16.9. The molecule has 0 aliphatic carbocycles. The van der Waals surface area contributed by atoms with Gasteiger partial charge in [0.15, 0.2) is 0 Å². The molecule has 2 amide bonds. The van der Waals surface area contributed by atoms with Crippen molar-refractivity contribution < 1.29 is 18.0 Å². The van der Waals surface area contributed by atoms with Crippen LogP contribution in [0.15, 0.2) is 24.3 Å². The zero-order chi connectivity index (χ0) is 18.4. The zero-order valence-electron chi connectivity index (χ0n) is 14.7. The average Bonchev–Trinajstić information content (AvgIpc) is 2.54. The first-order valence-corrected chi connectivity index (χ1v) is 8.67. The van der Waals surface area contributed by atoms with Gasteiger partial charge in [0.2, 0.25) is 0 Å². The van der Waals surface area contributed by atoms with Gasteiger partial charge in [-0.05, 0) is 36.5 Å². The highest BCUT2D eigenvalue weighted by Crippen LogP contribution is 2.29. The van der Waals surface area contributed by atoms with E-state index >= 15 is 0 Å². The second kappa shape index (κ2) is 8.56. The molecule has 7 heteroatoms. The first-order valence-electron chi connectivity index (χ1n) is 8.67. The number of nitrogens with zero attached hydrogens (tertiary/aromatic N) is 1. The molecule has 0 radical (unpaired) electrons. The summed E-state index contributed by atoms with van der Waals surface area (Å²) in [6.07, 6.45) is -2.59. The molecule has 140 valence electrons. The summed E-state index contributed by atoms with van der Waals surface area (Å²) in [5, 5.41) is 5.55. The van der Waals surface area contributed by atoms with Gasteiger partial charge in [0.1, 0.15) is 0 Å². The third-order valence-electron chi connectivity index (χ3n) is 4.25. The topological polar surface area (TPSA) is 44.4 Å². The van der Waals surface area contributed by atoms with Gasteiger partial charge in [0, 0.05) is 32.2 Å². The molecule has 1 aromatic rings. The van der Waals surface area contributed by atoms with Crippen LogP contribution in [0.5, 0.6) is 0 Å². The Kier molecular flexibility index (Phi) is 6.70. The molecule has 0 spiro atoms. The molecule has 4 nitrogen and oxygen atoms in total. The first kappa shape index (κ1) is 19.6. The fourth-order valence-corrected chi connectivity index (χ4v) is 3.05. The molecule has 1 aliphatic rings. The summed E-state index contributed by atoms with van der Waals surface area (Å²) < 4.78 is 38.0. The number of likely N-dealkylation sites (tertiary alicyclic amines) is 1. The van der Waals surface area contributed by atoms with Crippen molar-refractivity contribution in [2.24, 2.45) is 5.92 Å². The quantitative estimate of drug-likeness (QED) is 0.845. The number of hydrogen-bond acceptors (Lipinski definition) is 2. The molecule has 0 saturated carbocycles. The van der Waals surface area contributed by atoms with Crippen molar-refractivity contribution in [2.45, 2.75) is 45.5 Å². The maximum atomic E-state index is 12.7. The van der Waals surface area contributed by atoms with E-state index in [4.69, 9.17) is 0 Å². The van der Waals surface area contributed by atoms with Gasteiger partial charge in [-0.1, -0.05) is 26.0 Å². The molecule has 0 atom stereocenters. The number of amides is 2. The summed E-state index contributed by atoms with van der Waals surface area (Å²) in [5.74, 6) is 0.625. The molecule has 1 fully saturated rings. The van der Waals surface area contributed by atoms with Crippen LogP contribution < -0.4 is 10.6 Å². The van der Waals surface area contributed by atoms with Crippen LogP contribution in [0.2, 0.25) is 0 Å². The van der Waals surface area contributed by atoms with E-state index in [9.17, 15) is 18.0 Å². The van der Waals surface area contributed by atoms with E-state index in [1.54, 1.807) is 6.07 Å². The van der Waals surface area contributed by atoms with Crippen LogP contribution in [0.4, 0.5) is 18.0 Å². The Labute approximate surface area is 146 Å². The van der Waals surface area contributed by atoms with Crippen LogP contribution in [-0.4, -0.2) is 36.6 Å². The molecule has 1 heterocycles. The van der Waals surface area contributed by atoms with Crippen LogP contribution in [-0.2, 0) is 12.7 Å². The molecule has 1 saturated heterocycles. The average molecular weight is 357 g/mol. The van der Waals surface area contributed by atoms with Crippen LogP contribution in [0.25, 0.3) is 0 Å². The standard InChI is InChI=1S/C18H26F3N3O/c1-13(2)12-24-8-6-16(7-9-24)23-17(25)22-11-14-4-3-5-15(10-14)18(19,20)21/h3-5,10,13,16H,6-9,11-12H2,1-2H3,(H2,22,23,25). The minimum Gasteiger partial charge on any atom is -0.335 e. The van der Waals surface area contributed by atoms with Gasteiger partial charge in [-0.25, -0.2) is 4.79 Å². The van der Waals surface area contributed by atoms with E-state index in [1.165, 1.54) is 6.07 Å². The second-order valence-corrected chi connectivity index (χ2v) is 6.99. The largest absolute Gasteiger partial charge is 0.416 e. The molecule has 2 N–H and O–H groups in total. The monoisotopic (exact) mass is 357 g/mol. The lowest BCUT2D eigenvalue weighted by atomic mass is 10.0. The van der Waals surface area contributed by atoms with Crippen molar-refractivity contribution in [3.63, 3.8) is 0 Å². The lowest BCUT2D eigenvalue weighted by Crippen LogP contribution is -2.48. The summed E-state index contributed by atoms with van der Waals surface area (Å²) in [6.45, 7) is 7.42. The van der Waals surface area contributed by atoms with E-state index in [2.05, 4.69) is 29.4 Å². The smallest absolute Gasteiger partial charge is 0.335 e. The maximum absolute atomic E-state index is 12.7. The number of nitrogens with one attached hydrogen (secondary N) is 2. The van der Waals surface area contributed by atoms with Crippen molar-refractivity contribution >= 4 is 6.03 Å². The van der Waals surface area contributed by atoms with E-state index in [1.807, 2.05) is 0 Å². The predicted molar refractivity (Wildman–Crippen MR) is 91.1 cm³/mol. The number of carbonyl (C=O) groups is 1. The van der Waals surface area contributed by atoms with Gasteiger partial charge in [0.25, 0.3) is 0 Å². The van der Waals surface area contributed by atoms with Crippen molar-refractivity contribution in [3.05, 3.63) is 35.4 Å². The number of carbonyl (C=O) groups excluding carboxylic acids is 1. The molecule has 0 aromatic heterocycles. The Hall–Kier alpha value is -1.76. The Morgan fingerprint density at radius 2 is 1.96 bits per heavy atom. The predicted octanol–water partition coefficient (Wildman–Crippen LogP) is 3.63. The van der Waals surface area contributed by atoms with Gasteiger partial charge in [-0.3, -0.25) is 0 Å². The summed E-state index contributed by atoms with van der Waals surface area (Å²) in [5.41, 5.74) is -0.276. The highest BCUT2D eigenvalue weighted by atomic mass is 19.4. The van der Waals surface area contributed by atoms with Crippen molar-refractivity contribution in [1.82, 2.24) is 15.5 Å². The summed E-state index contributed by atoms with van der Waals surface area (Å²) in [6, 6.07) is 4.78. The SMILES string of the molecule is CC(C)CN1CCC(NC(=O)NCc2cccc(C(F)(F)F)c2)CC1. The molecule has 0 bridgehead atoms. The van der Waals surface area contributed by atoms with Crippen LogP contribution in [0.1, 0.15) is 37.8 Å². The van der Waals surface area contributed by atoms with Crippen molar-refractivity contribution in [3.8, 4) is 0 Å². The second-order valence-electron chi connectivity index (χ2n) is 6.99. The van der Waals surface area contributed by atoms with E-state index < -0.39 is 11.7 Å². The highest BCUT2D eigenvalue weighted by molar-refractivity contribution is 5.74. The van der Waals surface area contributed by atoms with Gasteiger partial charge in [-0.2, -0.15) is 13.2 Å². The third-order valence-corrected chi connectivity index (χ3v) is 4.25. The number of halogens is 3. The van der Waals surface area contributed by atoms with E-state index in [0.29, 0.717) is 11.5 Å². The first-order chi connectivity index (χ1) is 11.7. The summed E-state index contributed by atoms with van der Waals surface area (Å²) >= 11 is 0. The number of hydrogen-bond donors (Lipinski definition) is 2. The minimum atomic E-state index is -4.37. The Bertz CT molecular complexity index is 567. The summed E-state index contributed by atoms with van der Waals surface area (Å²) in [4.78, 5) is 14.4. The third kappa shape index (κ3) is 6.57. The lowest BCUT2D eigenvalue weighted by Gasteiger charge is -2.33. The van der Waals surface area contributed by atoms with Gasteiger partial charge < -0.3 is 15.5 Å². The van der Waals surface area contributed by atoms with Crippen molar-refractivity contribution in [2.75, 3.05) is 19.6 Å². The Morgan fingerprint density at radius 3 is 2.56 bits per heavy atom. The fourth-order valence-electron chi connectivity index (χ4n) is 3.05. The number of rotatable bonds is 5. The lowest BCUT2D eigenvalue weighted by molar-refractivity contribution is -0.137. The molecule has 25 heavy (non-hydrogen) atoms. The van der Waals surface area contributed by atoms with Gasteiger partial charge in [-0.15, -0.1) is 0 Å². The van der Waals surface area contributed by atoms with E-state index in [0.717, 1.165) is 44.6 Å². The van der Waals surface area contributed by atoms with Gasteiger partial charge >= 0.3 is 12.2 Å². The number of piperidine rings is 1. The molecule has 1 aliphatic heterocycles. The number of urea groups is 1. The van der Waals surface area contributed by atoms with Crippen molar-refractivity contribution in [1.29, 1.82) is 0 Å². The molecule has 2 rings (SSSR count). The molecular formula is C18H26F3N3O. The zero-order valence-corrected chi connectivity index (χ0v) is 14.7. The highest BCUT2D eigenvalue weighted by Gasteiger charge is 2.30. The van der Waals surface area contributed by atoms with Gasteiger partial charge in [0.05, 0.1) is 5.56 Å². The number of alkyl halides is 3. The Balaban J connectivity index is 1.75. The van der Waals surface area contributed by atoms with Crippen LogP contribution in [0.3, 0.4) is 0 Å². The summed E-state index contributed by atoms with van der Waals surface area (Å²) in [7, 11) is 0. The number of benzene rings is 1. The molecule has 1 aromatic carbocycles. The Morgan fingerprint density at radius 1 is 1.28 bits per heavy atom. The van der Waals surface area contributed by atoms with Crippen LogP contribution in [0, 0.1) is 5.92 Å².